The Bertz CT molecular complexity index is 453. The van der Waals surface area contributed by atoms with Gasteiger partial charge in [0.2, 0.25) is 0 Å². The molecule has 1 heterocycles. The van der Waals surface area contributed by atoms with Crippen LogP contribution in [0, 0.1) is 6.92 Å². The van der Waals surface area contributed by atoms with Crippen LogP contribution >= 0.6 is 0 Å². The van der Waals surface area contributed by atoms with Gasteiger partial charge in [0.15, 0.2) is 0 Å². The molecule has 7 heteroatoms. The van der Waals surface area contributed by atoms with Gasteiger partial charge in [-0.25, -0.2) is 9.59 Å². The van der Waals surface area contributed by atoms with E-state index in [1.54, 1.807) is 6.20 Å². The van der Waals surface area contributed by atoms with Crippen LogP contribution in [0.2, 0.25) is 0 Å². The quantitative estimate of drug-likeness (QED) is 0.737. The lowest BCUT2D eigenvalue weighted by molar-refractivity contribution is -0.146. The smallest absolute Gasteiger partial charge is 0.329 e. The number of aromatic amines is 1. The maximum atomic E-state index is 11.8. The Morgan fingerprint density at radius 2 is 2.17 bits per heavy atom. The SMILES string of the molecule is Cc1[nH]ncc1CNC(=O)N(C)C(C)(C)C(=O)O. The van der Waals surface area contributed by atoms with E-state index in [1.807, 2.05) is 6.92 Å². The summed E-state index contributed by atoms with van der Waals surface area (Å²) in [5, 5.41) is 18.3. The van der Waals surface area contributed by atoms with Crippen molar-refractivity contribution in [2.75, 3.05) is 7.05 Å². The lowest BCUT2D eigenvalue weighted by atomic mass is 10.1. The molecule has 0 spiro atoms. The van der Waals surface area contributed by atoms with Gasteiger partial charge in [-0.15, -0.1) is 0 Å². The summed E-state index contributed by atoms with van der Waals surface area (Å²) < 4.78 is 0. The molecule has 7 nitrogen and oxygen atoms in total. The molecule has 1 rings (SSSR count). The van der Waals surface area contributed by atoms with Crippen LogP contribution in [0.25, 0.3) is 0 Å². The number of H-pyrrole nitrogens is 1. The number of nitrogens with zero attached hydrogens (tertiary/aromatic N) is 2. The molecule has 0 bridgehead atoms. The number of carboxylic acid groups (broad SMARTS) is 1. The Kier molecular flexibility index (Phi) is 3.95. The second-order valence-electron chi connectivity index (χ2n) is 4.60. The van der Waals surface area contributed by atoms with E-state index in [9.17, 15) is 9.59 Å². The second kappa shape index (κ2) is 5.07. The summed E-state index contributed by atoms with van der Waals surface area (Å²) >= 11 is 0. The number of carboxylic acids is 1. The van der Waals surface area contributed by atoms with Gasteiger partial charge in [0.25, 0.3) is 0 Å². The van der Waals surface area contributed by atoms with Gasteiger partial charge in [-0.2, -0.15) is 5.10 Å². The Morgan fingerprint density at radius 1 is 1.56 bits per heavy atom. The number of hydrogen-bond acceptors (Lipinski definition) is 3. The fourth-order valence-corrected chi connectivity index (χ4v) is 1.24. The molecule has 0 saturated heterocycles. The first kappa shape index (κ1) is 14.0. The number of urea groups is 1. The zero-order chi connectivity index (χ0) is 13.9. The van der Waals surface area contributed by atoms with Crippen molar-refractivity contribution in [3.8, 4) is 0 Å². The van der Waals surface area contributed by atoms with E-state index in [1.165, 1.54) is 20.9 Å². The highest BCUT2D eigenvalue weighted by molar-refractivity contribution is 5.85. The third-order valence-corrected chi connectivity index (χ3v) is 3.03. The zero-order valence-corrected chi connectivity index (χ0v) is 10.9. The van der Waals surface area contributed by atoms with E-state index < -0.39 is 17.5 Å². The van der Waals surface area contributed by atoms with Gasteiger partial charge < -0.3 is 15.3 Å². The van der Waals surface area contributed by atoms with Crippen LogP contribution in [-0.2, 0) is 11.3 Å². The zero-order valence-electron chi connectivity index (χ0n) is 10.9. The van der Waals surface area contributed by atoms with E-state index in [0.29, 0.717) is 6.54 Å². The van der Waals surface area contributed by atoms with Crippen LogP contribution in [0.5, 0.6) is 0 Å². The first-order chi connectivity index (χ1) is 8.26. The molecular weight excluding hydrogens is 236 g/mol. The maximum absolute atomic E-state index is 11.8. The van der Waals surface area contributed by atoms with Gasteiger partial charge in [0.1, 0.15) is 5.54 Å². The lowest BCUT2D eigenvalue weighted by Gasteiger charge is -2.31. The van der Waals surface area contributed by atoms with Crippen molar-refractivity contribution in [1.29, 1.82) is 0 Å². The molecule has 0 aliphatic carbocycles. The number of aryl methyl sites for hydroxylation is 1. The number of carbonyl (C=O) groups excluding carboxylic acids is 1. The molecule has 0 atom stereocenters. The maximum Gasteiger partial charge on any atom is 0.329 e. The minimum Gasteiger partial charge on any atom is -0.480 e. The molecule has 0 aliphatic rings. The van der Waals surface area contributed by atoms with Crippen molar-refractivity contribution < 1.29 is 14.7 Å². The van der Waals surface area contributed by atoms with Crippen LogP contribution in [0.15, 0.2) is 6.20 Å². The van der Waals surface area contributed by atoms with Crippen molar-refractivity contribution >= 4 is 12.0 Å². The fraction of sp³-hybridized carbons (Fsp3) is 0.545. The lowest BCUT2D eigenvalue weighted by Crippen LogP contribution is -2.53. The van der Waals surface area contributed by atoms with Gasteiger partial charge in [-0.3, -0.25) is 5.10 Å². The van der Waals surface area contributed by atoms with Gasteiger partial charge >= 0.3 is 12.0 Å². The van der Waals surface area contributed by atoms with Gasteiger partial charge in [0, 0.05) is 24.8 Å². The van der Waals surface area contributed by atoms with Crippen molar-refractivity contribution in [3.63, 3.8) is 0 Å². The van der Waals surface area contributed by atoms with Crippen LogP contribution in [0.4, 0.5) is 4.79 Å². The molecule has 2 amide bonds. The second-order valence-corrected chi connectivity index (χ2v) is 4.60. The summed E-state index contributed by atoms with van der Waals surface area (Å²) in [4.78, 5) is 24.0. The van der Waals surface area contributed by atoms with Crippen LogP contribution < -0.4 is 5.32 Å². The molecule has 0 radical (unpaired) electrons. The molecular formula is C11H18N4O3. The van der Waals surface area contributed by atoms with Crippen molar-refractivity contribution in [2.45, 2.75) is 32.9 Å². The molecule has 1 aromatic heterocycles. The molecule has 18 heavy (non-hydrogen) atoms. The summed E-state index contributed by atoms with van der Waals surface area (Å²) in [6.07, 6.45) is 1.62. The molecule has 0 saturated carbocycles. The predicted octanol–water partition coefficient (Wildman–Crippen LogP) is 0.723. The topological polar surface area (TPSA) is 98.3 Å². The average Bonchev–Trinajstić information content (AvgIpc) is 2.70. The van der Waals surface area contributed by atoms with Crippen molar-refractivity contribution in [3.05, 3.63) is 17.5 Å². The third kappa shape index (κ3) is 2.79. The number of amides is 2. The fourth-order valence-electron chi connectivity index (χ4n) is 1.24. The van der Waals surface area contributed by atoms with Crippen LogP contribution in [0.1, 0.15) is 25.1 Å². The molecule has 100 valence electrons. The van der Waals surface area contributed by atoms with Crippen molar-refractivity contribution in [2.24, 2.45) is 0 Å². The van der Waals surface area contributed by atoms with E-state index in [4.69, 9.17) is 5.11 Å². The average molecular weight is 254 g/mol. The molecule has 0 unspecified atom stereocenters. The third-order valence-electron chi connectivity index (χ3n) is 3.03. The summed E-state index contributed by atoms with van der Waals surface area (Å²) in [6, 6.07) is -0.442. The van der Waals surface area contributed by atoms with Gasteiger partial charge in [-0.1, -0.05) is 0 Å². The molecule has 0 aliphatic heterocycles. The number of nitrogens with one attached hydrogen (secondary N) is 2. The largest absolute Gasteiger partial charge is 0.480 e. The standard InChI is InChI=1S/C11H18N4O3/c1-7-8(6-13-14-7)5-12-10(18)15(4)11(2,3)9(16)17/h6H,5H2,1-4H3,(H,12,18)(H,13,14)(H,16,17). The first-order valence-electron chi connectivity index (χ1n) is 5.50. The molecule has 1 aromatic rings. The highest BCUT2D eigenvalue weighted by Gasteiger charge is 2.35. The minimum atomic E-state index is -1.25. The van der Waals surface area contributed by atoms with Gasteiger partial charge in [0.05, 0.1) is 6.20 Å². The van der Waals surface area contributed by atoms with Crippen molar-refractivity contribution in [1.82, 2.24) is 20.4 Å². The van der Waals surface area contributed by atoms with E-state index in [-0.39, 0.29) is 0 Å². The molecule has 3 N–H and O–H groups in total. The molecule has 0 fully saturated rings. The summed E-state index contributed by atoms with van der Waals surface area (Å²) in [5.41, 5.74) is 0.482. The van der Waals surface area contributed by atoms with Crippen LogP contribution in [-0.4, -0.2) is 44.8 Å². The highest BCUT2D eigenvalue weighted by Crippen LogP contribution is 2.12. The number of hydrogen-bond donors (Lipinski definition) is 3. The number of aliphatic carboxylic acids is 1. The monoisotopic (exact) mass is 254 g/mol. The predicted molar refractivity (Wildman–Crippen MR) is 65.0 cm³/mol. The molecule has 0 aromatic carbocycles. The van der Waals surface area contributed by atoms with E-state index >= 15 is 0 Å². The van der Waals surface area contributed by atoms with Crippen LogP contribution in [0.3, 0.4) is 0 Å². The van der Waals surface area contributed by atoms with E-state index in [0.717, 1.165) is 16.2 Å². The van der Waals surface area contributed by atoms with E-state index in [2.05, 4.69) is 15.5 Å². The Labute approximate surface area is 105 Å². The number of carbonyl (C=O) groups is 2. The number of rotatable bonds is 4. The Balaban J connectivity index is 2.61. The number of aromatic nitrogens is 2. The first-order valence-corrected chi connectivity index (χ1v) is 5.50. The number of likely N-dealkylation sites (N-methyl/N-ethyl adjacent to an activating group) is 1. The minimum absolute atomic E-state index is 0.307. The Hall–Kier alpha value is -2.05. The normalized spacial score (nSPS) is 11.1. The summed E-state index contributed by atoms with van der Waals surface area (Å²) in [6.45, 7) is 5.09. The van der Waals surface area contributed by atoms with Gasteiger partial charge in [-0.05, 0) is 20.8 Å². The highest BCUT2D eigenvalue weighted by atomic mass is 16.4. The Morgan fingerprint density at radius 3 is 2.61 bits per heavy atom. The summed E-state index contributed by atoms with van der Waals surface area (Å²) in [7, 11) is 1.45. The summed E-state index contributed by atoms with van der Waals surface area (Å²) in [5.74, 6) is -1.06.